The molecule has 1 aliphatic rings. The monoisotopic (exact) mass is 359 g/mol. The summed E-state index contributed by atoms with van der Waals surface area (Å²) in [5.41, 5.74) is 1.24. The van der Waals surface area contributed by atoms with E-state index in [1.165, 1.54) is 6.08 Å². The van der Waals surface area contributed by atoms with Crippen LogP contribution in [0.4, 0.5) is 0 Å². The number of thiocarbonyl (C=S) groups is 1. The Labute approximate surface area is 146 Å². The molecule has 2 heterocycles. The lowest BCUT2D eigenvalue weighted by Gasteiger charge is -2.20. The molecule has 2 amide bonds. The SMILES string of the molecule is O=C(/C=C/c1cc2ccccc2nc1Cl)C1C(=O)NC(=S)NC1=O. The number of benzene rings is 1. The van der Waals surface area contributed by atoms with E-state index in [0.29, 0.717) is 5.56 Å². The molecule has 2 aromatic rings. The maximum atomic E-state index is 12.2. The van der Waals surface area contributed by atoms with Gasteiger partial charge in [0, 0.05) is 10.9 Å². The van der Waals surface area contributed by atoms with E-state index in [-0.39, 0.29) is 10.3 Å². The van der Waals surface area contributed by atoms with Crippen molar-refractivity contribution in [1.29, 1.82) is 0 Å². The first-order chi connectivity index (χ1) is 11.5. The molecule has 0 saturated carbocycles. The first kappa shape index (κ1) is 16.2. The minimum Gasteiger partial charge on any atom is -0.302 e. The molecule has 1 saturated heterocycles. The summed E-state index contributed by atoms with van der Waals surface area (Å²) in [6.45, 7) is 0. The maximum absolute atomic E-state index is 12.2. The van der Waals surface area contributed by atoms with Crippen molar-refractivity contribution in [3.05, 3.63) is 47.1 Å². The molecule has 0 unspecified atom stereocenters. The van der Waals surface area contributed by atoms with Gasteiger partial charge in [0.25, 0.3) is 0 Å². The van der Waals surface area contributed by atoms with E-state index in [1.807, 2.05) is 24.3 Å². The van der Waals surface area contributed by atoms with Gasteiger partial charge in [-0.1, -0.05) is 29.8 Å². The van der Waals surface area contributed by atoms with Crippen LogP contribution < -0.4 is 10.6 Å². The first-order valence-corrected chi connectivity index (χ1v) is 7.67. The zero-order chi connectivity index (χ0) is 17.3. The topological polar surface area (TPSA) is 88.2 Å². The lowest BCUT2D eigenvalue weighted by molar-refractivity contribution is -0.140. The summed E-state index contributed by atoms with van der Waals surface area (Å²) >= 11 is 10.8. The number of fused-ring (bicyclic) bond motifs is 1. The molecule has 0 radical (unpaired) electrons. The zero-order valence-electron chi connectivity index (χ0n) is 12.1. The van der Waals surface area contributed by atoms with Gasteiger partial charge in [0.2, 0.25) is 11.8 Å². The molecule has 0 bridgehead atoms. The molecule has 1 aromatic heterocycles. The van der Waals surface area contributed by atoms with E-state index in [0.717, 1.165) is 17.0 Å². The lowest BCUT2D eigenvalue weighted by Crippen LogP contribution is -2.57. The molecule has 120 valence electrons. The Morgan fingerprint density at radius 3 is 2.58 bits per heavy atom. The van der Waals surface area contributed by atoms with Crippen LogP contribution in [0, 0.1) is 5.92 Å². The summed E-state index contributed by atoms with van der Waals surface area (Å²) in [4.78, 5) is 39.9. The number of ketones is 1. The normalized spacial score (nSPS) is 15.6. The summed E-state index contributed by atoms with van der Waals surface area (Å²) < 4.78 is 0. The van der Waals surface area contributed by atoms with Gasteiger partial charge in [0.05, 0.1) is 5.52 Å². The van der Waals surface area contributed by atoms with Crippen molar-refractivity contribution in [3.63, 3.8) is 0 Å². The Kier molecular flexibility index (Phi) is 4.37. The second kappa shape index (κ2) is 6.46. The van der Waals surface area contributed by atoms with Crippen molar-refractivity contribution < 1.29 is 14.4 Å². The Balaban J connectivity index is 1.86. The van der Waals surface area contributed by atoms with Gasteiger partial charge in [-0.25, -0.2) is 4.98 Å². The van der Waals surface area contributed by atoms with Gasteiger partial charge in [0.1, 0.15) is 5.15 Å². The molecule has 1 aromatic carbocycles. The van der Waals surface area contributed by atoms with Crippen LogP contribution in [0.2, 0.25) is 5.15 Å². The molecule has 1 aliphatic heterocycles. The summed E-state index contributed by atoms with van der Waals surface area (Å²) in [5, 5.41) is 5.45. The average molecular weight is 360 g/mol. The third kappa shape index (κ3) is 3.17. The predicted molar refractivity (Wildman–Crippen MR) is 93.2 cm³/mol. The van der Waals surface area contributed by atoms with E-state index in [1.54, 1.807) is 6.07 Å². The van der Waals surface area contributed by atoms with Gasteiger partial charge in [-0.3, -0.25) is 14.4 Å². The quantitative estimate of drug-likeness (QED) is 0.376. The number of nitrogens with zero attached hydrogens (tertiary/aromatic N) is 1. The van der Waals surface area contributed by atoms with Crippen molar-refractivity contribution >= 4 is 63.5 Å². The number of hydrogen-bond donors (Lipinski definition) is 2. The Morgan fingerprint density at radius 2 is 1.88 bits per heavy atom. The largest absolute Gasteiger partial charge is 0.302 e. The third-order valence-electron chi connectivity index (χ3n) is 3.41. The van der Waals surface area contributed by atoms with Crippen molar-refractivity contribution in [2.24, 2.45) is 5.92 Å². The van der Waals surface area contributed by atoms with Gasteiger partial charge in [0.15, 0.2) is 16.8 Å². The molecule has 1 fully saturated rings. The second-order valence-corrected chi connectivity index (χ2v) is 5.80. The highest BCUT2D eigenvalue weighted by molar-refractivity contribution is 7.80. The van der Waals surface area contributed by atoms with E-state index < -0.39 is 23.5 Å². The fourth-order valence-corrected chi connectivity index (χ4v) is 2.68. The van der Waals surface area contributed by atoms with Gasteiger partial charge in [-0.15, -0.1) is 0 Å². The van der Waals surface area contributed by atoms with Crippen molar-refractivity contribution in [1.82, 2.24) is 15.6 Å². The minimum absolute atomic E-state index is 0.111. The van der Waals surface area contributed by atoms with Crippen LogP contribution in [0.5, 0.6) is 0 Å². The summed E-state index contributed by atoms with van der Waals surface area (Å²) in [6.07, 6.45) is 2.56. The molecule has 0 atom stereocenters. The fourth-order valence-electron chi connectivity index (χ4n) is 2.27. The number of rotatable bonds is 3. The number of hydrogen-bond acceptors (Lipinski definition) is 5. The van der Waals surface area contributed by atoms with Crippen LogP contribution in [-0.2, 0) is 14.4 Å². The maximum Gasteiger partial charge on any atom is 0.246 e. The summed E-state index contributed by atoms with van der Waals surface area (Å²) in [6, 6.07) is 9.15. The van der Waals surface area contributed by atoms with Crippen molar-refractivity contribution in [2.45, 2.75) is 0 Å². The fraction of sp³-hybridized carbons (Fsp3) is 0.0625. The summed E-state index contributed by atoms with van der Waals surface area (Å²) in [7, 11) is 0. The predicted octanol–water partition coefficient (Wildman–Crippen LogP) is 1.62. The number of pyridine rings is 1. The Hall–Kier alpha value is -2.64. The molecule has 8 heteroatoms. The number of nitrogens with one attached hydrogen (secondary N) is 2. The third-order valence-corrected chi connectivity index (χ3v) is 3.92. The summed E-state index contributed by atoms with van der Waals surface area (Å²) in [5.74, 6) is -3.64. The molecule has 24 heavy (non-hydrogen) atoms. The molecular formula is C16H10ClN3O3S. The van der Waals surface area contributed by atoms with E-state index in [4.69, 9.17) is 11.6 Å². The van der Waals surface area contributed by atoms with Gasteiger partial charge >= 0.3 is 0 Å². The second-order valence-electron chi connectivity index (χ2n) is 5.04. The number of carbonyl (C=O) groups is 3. The average Bonchev–Trinajstić information content (AvgIpc) is 2.51. The lowest BCUT2D eigenvalue weighted by atomic mass is 9.99. The number of allylic oxidation sites excluding steroid dienone is 1. The van der Waals surface area contributed by atoms with Crippen LogP contribution >= 0.6 is 23.8 Å². The highest BCUT2D eigenvalue weighted by atomic mass is 35.5. The zero-order valence-corrected chi connectivity index (χ0v) is 13.6. The number of halogens is 1. The first-order valence-electron chi connectivity index (χ1n) is 6.88. The molecule has 2 N–H and O–H groups in total. The Morgan fingerprint density at radius 1 is 1.21 bits per heavy atom. The molecule has 6 nitrogen and oxygen atoms in total. The van der Waals surface area contributed by atoms with Crippen molar-refractivity contribution in [2.75, 3.05) is 0 Å². The van der Waals surface area contributed by atoms with Crippen LogP contribution in [-0.4, -0.2) is 27.7 Å². The van der Waals surface area contributed by atoms with Gasteiger partial charge in [-0.05, 0) is 36.5 Å². The number of aromatic nitrogens is 1. The van der Waals surface area contributed by atoms with Crippen LogP contribution in [0.25, 0.3) is 17.0 Å². The molecule has 0 aliphatic carbocycles. The van der Waals surface area contributed by atoms with E-state index >= 15 is 0 Å². The highest BCUT2D eigenvalue weighted by Gasteiger charge is 2.37. The van der Waals surface area contributed by atoms with Crippen LogP contribution in [0.1, 0.15) is 5.56 Å². The number of amides is 2. The Bertz CT molecular complexity index is 906. The molecule has 0 spiro atoms. The molecular weight excluding hydrogens is 350 g/mol. The highest BCUT2D eigenvalue weighted by Crippen LogP contribution is 2.21. The van der Waals surface area contributed by atoms with Crippen molar-refractivity contribution in [3.8, 4) is 0 Å². The van der Waals surface area contributed by atoms with Crippen LogP contribution in [0.3, 0.4) is 0 Å². The van der Waals surface area contributed by atoms with Gasteiger partial charge in [-0.2, -0.15) is 0 Å². The smallest absolute Gasteiger partial charge is 0.246 e. The van der Waals surface area contributed by atoms with E-state index in [9.17, 15) is 14.4 Å². The number of carbonyl (C=O) groups excluding carboxylic acids is 3. The van der Waals surface area contributed by atoms with Crippen LogP contribution in [0.15, 0.2) is 36.4 Å². The molecule has 3 rings (SSSR count). The number of para-hydroxylation sites is 1. The standard InChI is InChI=1S/C16H10ClN3O3S/c17-13-9(7-8-3-1-2-4-10(8)18-13)5-6-11(21)12-14(22)19-16(24)20-15(12)23/h1-7,12H,(H2,19,20,22,23,24)/b6-5+. The van der Waals surface area contributed by atoms with E-state index in [2.05, 4.69) is 27.8 Å². The van der Waals surface area contributed by atoms with Gasteiger partial charge < -0.3 is 10.6 Å². The minimum atomic E-state index is -1.47.